The molecule has 0 bridgehead atoms. The molecule has 0 radical (unpaired) electrons. The third kappa shape index (κ3) is 4.72. The predicted molar refractivity (Wildman–Crippen MR) is 104 cm³/mol. The maximum Gasteiger partial charge on any atom is 0.224 e. The molecule has 3 rings (SSSR count). The molecule has 26 heavy (non-hydrogen) atoms. The van der Waals surface area contributed by atoms with Crippen LogP contribution in [0.4, 0.5) is 5.69 Å². The average molecular weight is 350 g/mol. The van der Waals surface area contributed by atoms with Crippen LogP contribution in [0.1, 0.15) is 55.0 Å². The maximum absolute atomic E-state index is 12.4. The molecule has 2 aromatic rings. The van der Waals surface area contributed by atoms with E-state index < -0.39 is 0 Å². The number of carbonyl (C=O) groups is 2. The largest absolute Gasteiger partial charge is 0.349 e. The monoisotopic (exact) mass is 350 g/mol. The van der Waals surface area contributed by atoms with Gasteiger partial charge in [0, 0.05) is 12.6 Å². The Kier molecular flexibility index (Phi) is 5.71. The van der Waals surface area contributed by atoms with E-state index in [1.807, 2.05) is 31.2 Å². The number of aryl methyl sites for hydroxylation is 2. The van der Waals surface area contributed by atoms with Crippen LogP contribution in [0.3, 0.4) is 0 Å². The molecule has 1 aliphatic rings. The number of hydrogen-bond donors (Lipinski definition) is 2. The van der Waals surface area contributed by atoms with Gasteiger partial charge in [-0.3, -0.25) is 9.59 Å². The van der Waals surface area contributed by atoms with Crippen molar-refractivity contribution in [2.24, 2.45) is 0 Å². The van der Waals surface area contributed by atoms with Crippen LogP contribution in [0.5, 0.6) is 0 Å². The summed E-state index contributed by atoms with van der Waals surface area (Å²) in [6, 6.07) is 14.0. The normalized spacial score (nSPS) is 14.2. The van der Waals surface area contributed by atoms with Crippen molar-refractivity contribution >= 4 is 17.5 Å². The summed E-state index contributed by atoms with van der Waals surface area (Å²) < 4.78 is 0. The van der Waals surface area contributed by atoms with Gasteiger partial charge in [-0.2, -0.15) is 0 Å². The van der Waals surface area contributed by atoms with Crippen molar-refractivity contribution in [3.8, 4) is 0 Å². The Labute approximate surface area is 155 Å². The van der Waals surface area contributed by atoms with Crippen LogP contribution in [0.25, 0.3) is 0 Å². The van der Waals surface area contributed by atoms with Gasteiger partial charge in [-0.05, 0) is 67.0 Å². The highest BCUT2D eigenvalue weighted by molar-refractivity contribution is 5.88. The Morgan fingerprint density at radius 1 is 1.00 bits per heavy atom. The van der Waals surface area contributed by atoms with Crippen molar-refractivity contribution in [2.45, 2.75) is 52.0 Å². The maximum atomic E-state index is 12.4. The second-order valence-electron chi connectivity index (χ2n) is 7.08. The number of nitrogens with one attached hydrogen (secondary N) is 2. The van der Waals surface area contributed by atoms with E-state index in [1.165, 1.54) is 42.9 Å². The molecule has 0 heterocycles. The molecule has 0 saturated heterocycles. The molecule has 2 N–H and O–H groups in total. The minimum Gasteiger partial charge on any atom is -0.349 e. The number of carbonyl (C=O) groups excluding carboxylic acids is 2. The Morgan fingerprint density at radius 2 is 1.69 bits per heavy atom. The number of anilines is 1. The quantitative estimate of drug-likeness (QED) is 0.858. The average Bonchev–Trinajstić information content (AvgIpc) is 2.62. The number of rotatable bonds is 5. The van der Waals surface area contributed by atoms with Gasteiger partial charge >= 0.3 is 0 Å². The third-order valence-corrected chi connectivity index (χ3v) is 4.89. The van der Waals surface area contributed by atoms with Gasteiger partial charge in [-0.15, -0.1) is 0 Å². The summed E-state index contributed by atoms with van der Waals surface area (Å²) in [4.78, 5) is 23.4. The molecular formula is C22H26N2O2. The molecule has 4 nitrogen and oxygen atoms in total. The van der Waals surface area contributed by atoms with Crippen LogP contribution in [-0.4, -0.2) is 11.8 Å². The number of fused-ring (bicyclic) bond motifs is 1. The molecular weight excluding hydrogens is 324 g/mol. The summed E-state index contributed by atoms with van der Waals surface area (Å²) in [6.45, 7) is 3.51. The van der Waals surface area contributed by atoms with Gasteiger partial charge in [0.1, 0.15) is 0 Å². The minimum atomic E-state index is -0.102. The van der Waals surface area contributed by atoms with E-state index in [0.29, 0.717) is 6.42 Å². The highest BCUT2D eigenvalue weighted by Crippen LogP contribution is 2.24. The number of benzene rings is 2. The molecule has 0 saturated carbocycles. The Hall–Kier alpha value is -2.62. The second-order valence-corrected chi connectivity index (χ2v) is 7.08. The smallest absolute Gasteiger partial charge is 0.224 e. The zero-order valence-corrected chi connectivity index (χ0v) is 15.5. The molecule has 0 aliphatic heterocycles. The van der Waals surface area contributed by atoms with Crippen molar-refractivity contribution in [3.63, 3.8) is 0 Å². The third-order valence-electron chi connectivity index (χ3n) is 4.89. The van der Waals surface area contributed by atoms with Gasteiger partial charge in [0.25, 0.3) is 0 Å². The molecule has 1 atom stereocenters. The molecule has 1 aliphatic carbocycles. The van der Waals surface area contributed by atoms with Crippen LogP contribution in [0.2, 0.25) is 0 Å². The first kappa shape index (κ1) is 18.2. The van der Waals surface area contributed by atoms with E-state index in [-0.39, 0.29) is 17.9 Å². The van der Waals surface area contributed by atoms with Crippen LogP contribution in [-0.2, 0) is 28.9 Å². The topological polar surface area (TPSA) is 58.2 Å². The zero-order chi connectivity index (χ0) is 18.5. The highest BCUT2D eigenvalue weighted by Gasteiger charge is 2.14. The first-order valence-corrected chi connectivity index (χ1v) is 9.29. The van der Waals surface area contributed by atoms with Crippen molar-refractivity contribution in [3.05, 3.63) is 64.7 Å². The lowest BCUT2D eigenvalue weighted by atomic mass is 9.89. The summed E-state index contributed by atoms with van der Waals surface area (Å²) in [6.07, 6.45) is 5.18. The lowest BCUT2D eigenvalue weighted by Gasteiger charge is -2.20. The fourth-order valence-electron chi connectivity index (χ4n) is 3.49. The molecule has 0 fully saturated rings. The van der Waals surface area contributed by atoms with E-state index >= 15 is 0 Å². The van der Waals surface area contributed by atoms with Gasteiger partial charge < -0.3 is 10.6 Å². The van der Waals surface area contributed by atoms with E-state index in [1.54, 1.807) is 0 Å². The molecule has 4 heteroatoms. The number of amides is 2. The van der Waals surface area contributed by atoms with Crippen LogP contribution >= 0.6 is 0 Å². The van der Waals surface area contributed by atoms with Crippen molar-refractivity contribution in [1.82, 2.24) is 5.32 Å². The SMILES string of the molecule is CC(=O)Nc1ccc(CC(=O)N[C@@H](C)c2ccc3c(c2)CCCC3)cc1. The predicted octanol–water partition coefficient (Wildman–Crippen LogP) is 3.94. The van der Waals surface area contributed by atoms with Crippen molar-refractivity contribution in [1.29, 1.82) is 0 Å². The molecule has 0 spiro atoms. The first-order valence-electron chi connectivity index (χ1n) is 9.29. The summed E-state index contributed by atoms with van der Waals surface area (Å²) in [5.41, 5.74) is 5.72. The van der Waals surface area contributed by atoms with Crippen molar-refractivity contribution < 1.29 is 9.59 Å². The fourth-order valence-corrected chi connectivity index (χ4v) is 3.49. The zero-order valence-electron chi connectivity index (χ0n) is 15.5. The Morgan fingerprint density at radius 3 is 2.38 bits per heavy atom. The highest BCUT2D eigenvalue weighted by atomic mass is 16.2. The van der Waals surface area contributed by atoms with Gasteiger partial charge in [0.15, 0.2) is 0 Å². The fraction of sp³-hybridized carbons (Fsp3) is 0.364. The van der Waals surface area contributed by atoms with Gasteiger partial charge in [-0.25, -0.2) is 0 Å². The van der Waals surface area contributed by atoms with Crippen LogP contribution in [0.15, 0.2) is 42.5 Å². The Bertz CT molecular complexity index is 796. The van der Waals surface area contributed by atoms with Gasteiger partial charge in [0.05, 0.1) is 12.5 Å². The molecule has 2 aromatic carbocycles. The minimum absolute atomic E-state index is 0.00231. The van der Waals surface area contributed by atoms with Crippen LogP contribution < -0.4 is 10.6 Å². The van der Waals surface area contributed by atoms with Gasteiger partial charge in [-0.1, -0.05) is 30.3 Å². The summed E-state index contributed by atoms with van der Waals surface area (Å²) in [5.74, 6) is -0.100. The van der Waals surface area contributed by atoms with Crippen molar-refractivity contribution in [2.75, 3.05) is 5.32 Å². The molecule has 136 valence electrons. The second kappa shape index (κ2) is 8.17. The summed E-state index contributed by atoms with van der Waals surface area (Å²) in [7, 11) is 0. The van der Waals surface area contributed by atoms with E-state index in [2.05, 4.69) is 28.8 Å². The standard InChI is InChI=1S/C22H26N2O2/c1-15(19-10-9-18-5-3-4-6-20(18)14-19)23-22(26)13-17-7-11-21(12-8-17)24-16(2)25/h7-12,14-15H,3-6,13H2,1-2H3,(H,23,26)(H,24,25)/t15-/m0/s1. The number of hydrogen-bond acceptors (Lipinski definition) is 2. The van der Waals surface area contributed by atoms with Crippen LogP contribution in [0, 0.1) is 0 Å². The van der Waals surface area contributed by atoms with E-state index in [4.69, 9.17) is 0 Å². The molecule has 0 aromatic heterocycles. The molecule has 0 unspecified atom stereocenters. The summed E-state index contributed by atoms with van der Waals surface area (Å²) >= 11 is 0. The van der Waals surface area contributed by atoms with E-state index in [0.717, 1.165) is 17.7 Å². The summed E-state index contributed by atoms with van der Waals surface area (Å²) in [5, 5.41) is 5.81. The van der Waals surface area contributed by atoms with E-state index in [9.17, 15) is 9.59 Å². The lowest BCUT2D eigenvalue weighted by molar-refractivity contribution is -0.121. The first-order chi connectivity index (χ1) is 12.5. The molecule has 2 amide bonds. The van der Waals surface area contributed by atoms with Gasteiger partial charge in [0.2, 0.25) is 11.8 Å². The lowest BCUT2D eigenvalue weighted by Crippen LogP contribution is -2.28. The Balaban J connectivity index is 1.58.